The molecule has 3 rings (SSSR count). The number of hydrogen-bond acceptors (Lipinski definition) is 2. The van der Waals surface area contributed by atoms with Gasteiger partial charge in [0.05, 0.1) is 0 Å². The van der Waals surface area contributed by atoms with Crippen LogP contribution >= 0.6 is 11.3 Å². The van der Waals surface area contributed by atoms with Crippen molar-refractivity contribution in [3.63, 3.8) is 0 Å². The maximum atomic E-state index is 2.59. The molecular weight excluding hydrogens is 250 g/mol. The van der Waals surface area contributed by atoms with Crippen molar-refractivity contribution in [1.29, 1.82) is 0 Å². The minimum Gasteiger partial charge on any atom is -0.299 e. The van der Waals surface area contributed by atoms with Gasteiger partial charge in [-0.2, -0.15) is 0 Å². The summed E-state index contributed by atoms with van der Waals surface area (Å²) in [5, 5.41) is 2.21. The molecule has 100 valence electrons. The van der Waals surface area contributed by atoms with E-state index < -0.39 is 0 Å². The molecule has 0 spiro atoms. The van der Waals surface area contributed by atoms with Crippen molar-refractivity contribution in [2.45, 2.75) is 31.7 Å². The molecular formula is C17H21NS. The van der Waals surface area contributed by atoms with Crippen LogP contribution < -0.4 is 0 Å². The molecule has 0 atom stereocenters. The summed E-state index contributed by atoms with van der Waals surface area (Å²) >= 11 is 1.91. The van der Waals surface area contributed by atoms with Crippen molar-refractivity contribution in [2.75, 3.05) is 13.1 Å². The Balaban J connectivity index is 1.61. The van der Waals surface area contributed by atoms with Gasteiger partial charge < -0.3 is 0 Å². The highest BCUT2D eigenvalue weighted by atomic mass is 32.1. The van der Waals surface area contributed by atoms with E-state index >= 15 is 0 Å². The molecule has 0 bridgehead atoms. The monoisotopic (exact) mass is 271 g/mol. The Bertz CT molecular complexity index is 495. The van der Waals surface area contributed by atoms with E-state index in [4.69, 9.17) is 0 Å². The standard InChI is InChI=1S/C17H21NS/c1-17(16-8-5-13-19-16)9-11-18(12-10-17)14-15-6-3-2-4-7-15/h2-8,13H,9-12,14H2,1H3. The summed E-state index contributed by atoms with van der Waals surface area (Å²) in [7, 11) is 0. The van der Waals surface area contributed by atoms with E-state index in [2.05, 4.69) is 59.7 Å². The smallest absolute Gasteiger partial charge is 0.0233 e. The van der Waals surface area contributed by atoms with E-state index in [-0.39, 0.29) is 0 Å². The Morgan fingerprint density at radius 1 is 1.05 bits per heavy atom. The molecule has 1 nitrogen and oxygen atoms in total. The number of hydrogen-bond donors (Lipinski definition) is 0. The molecule has 1 aromatic heterocycles. The Hall–Kier alpha value is -1.12. The number of likely N-dealkylation sites (tertiary alicyclic amines) is 1. The number of rotatable bonds is 3. The zero-order valence-corrected chi connectivity index (χ0v) is 12.3. The predicted octanol–water partition coefficient (Wildman–Crippen LogP) is 4.30. The van der Waals surface area contributed by atoms with E-state index in [0.717, 1.165) is 6.54 Å². The molecule has 2 heterocycles. The van der Waals surface area contributed by atoms with Gasteiger partial charge in [-0.05, 0) is 42.9 Å². The summed E-state index contributed by atoms with van der Waals surface area (Å²) in [6.45, 7) is 5.95. The molecule has 0 amide bonds. The Labute approximate surface area is 119 Å². The molecule has 1 aliphatic rings. The molecule has 0 N–H and O–H groups in total. The highest BCUT2D eigenvalue weighted by Crippen LogP contribution is 2.37. The van der Waals surface area contributed by atoms with Gasteiger partial charge in [-0.1, -0.05) is 43.3 Å². The van der Waals surface area contributed by atoms with Crippen molar-refractivity contribution < 1.29 is 0 Å². The molecule has 0 aliphatic carbocycles. The quantitative estimate of drug-likeness (QED) is 0.804. The summed E-state index contributed by atoms with van der Waals surface area (Å²) in [6.07, 6.45) is 2.56. The number of nitrogens with zero attached hydrogens (tertiary/aromatic N) is 1. The second-order valence-electron chi connectivity index (χ2n) is 5.80. The molecule has 1 fully saturated rings. The zero-order chi connectivity index (χ0) is 13.1. The second-order valence-corrected chi connectivity index (χ2v) is 6.75. The topological polar surface area (TPSA) is 3.24 Å². The van der Waals surface area contributed by atoms with Gasteiger partial charge in [0.1, 0.15) is 0 Å². The Kier molecular flexibility index (Phi) is 3.72. The van der Waals surface area contributed by atoms with Crippen LogP contribution in [0.5, 0.6) is 0 Å². The molecule has 1 aliphatic heterocycles. The first-order valence-corrected chi connectivity index (χ1v) is 7.94. The van der Waals surface area contributed by atoms with Crippen LogP contribution in [0.3, 0.4) is 0 Å². The lowest BCUT2D eigenvalue weighted by Crippen LogP contribution is -2.40. The van der Waals surface area contributed by atoms with Crippen LogP contribution in [0.1, 0.15) is 30.2 Å². The van der Waals surface area contributed by atoms with Crippen molar-refractivity contribution in [3.05, 3.63) is 58.3 Å². The first-order valence-electron chi connectivity index (χ1n) is 7.07. The highest BCUT2D eigenvalue weighted by Gasteiger charge is 2.32. The minimum atomic E-state index is 0.404. The summed E-state index contributed by atoms with van der Waals surface area (Å²) in [6, 6.07) is 15.3. The first kappa shape index (κ1) is 12.9. The van der Waals surface area contributed by atoms with Crippen LogP contribution in [0.4, 0.5) is 0 Å². The minimum absolute atomic E-state index is 0.404. The van der Waals surface area contributed by atoms with Crippen LogP contribution in [0.15, 0.2) is 47.8 Å². The van der Waals surface area contributed by atoms with Crippen molar-refractivity contribution in [3.8, 4) is 0 Å². The number of piperidine rings is 1. The van der Waals surface area contributed by atoms with Gasteiger partial charge in [0.25, 0.3) is 0 Å². The lowest BCUT2D eigenvalue weighted by molar-refractivity contribution is 0.164. The summed E-state index contributed by atoms with van der Waals surface area (Å²) in [4.78, 5) is 4.15. The van der Waals surface area contributed by atoms with E-state index in [1.54, 1.807) is 4.88 Å². The molecule has 0 radical (unpaired) electrons. The molecule has 1 saturated heterocycles. The fourth-order valence-corrected chi connectivity index (χ4v) is 3.86. The molecule has 19 heavy (non-hydrogen) atoms. The Morgan fingerprint density at radius 2 is 1.79 bits per heavy atom. The van der Waals surface area contributed by atoms with Gasteiger partial charge in [-0.3, -0.25) is 4.90 Å². The first-order chi connectivity index (χ1) is 9.26. The zero-order valence-electron chi connectivity index (χ0n) is 11.5. The maximum absolute atomic E-state index is 2.59. The van der Waals surface area contributed by atoms with Crippen molar-refractivity contribution in [1.82, 2.24) is 4.90 Å². The van der Waals surface area contributed by atoms with Gasteiger partial charge in [0.15, 0.2) is 0 Å². The third-order valence-electron chi connectivity index (χ3n) is 4.32. The molecule has 1 aromatic carbocycles. The third kappa shape index (κ3) is 2.90. The van der Waals surface area contributed by atoms with Gasteiger partial charge in [-0.25, -0.2) is 0 Å². The van der Waals surface area contributed by atoms with Crippen LogP contribution in [0, 0.1) is 0 Å². The fourth-order valence-electron chi connectivity index (χ4n) is 2.91. The van der Waals surface area contributed by atoms with Crippen molar-refractivity contribution in [2.24, 2.45) is 0 Å². The molecule has 2 aromatic rings. The molecule has 2 heteroatoms. The maximum Gasteiger partial charge on any atom is 0.0233 e. The SMILES string of the molecule is CC1(c2cccs2)CCN(Cc2ccccc2)CC1. The van der Waals surface area contributed by atoms with Gasteiger partial charge in [-0.15, -0.1) is 11.3 Å². The van der Waals surface area contributed by atoms with Crippen LogP contribution in [-0.2, 0) is 12.0 Å². The van der Waals surface area contributed by atoms with E-state index in [9.17, 15) is 0 Å². The molecule has 0 saturated carbocycles. The Morgan fingerprint density at radius 3 is 2.42 bits per heavy atom. The van der Waals surface area contributed by atoms with Crippen LogP contribution in [0.25, 0.3) is 0 Å². The van der Waals surface area contributed by atoms with Gasteiger partial charge >= 0.3 is 0 Å². The van der Waals surface area contributed by atoms with E-state index in [1.165, 1.54) is 31.5 Å². The van der Waals surface area contributed by atoms with E-state index in [0.29, 0.717) is 5.41 Å². The van der Waals surface area contributed by atoms with Crippen molar-refractivity contribution >= 4 is 11.3 Å². The normalized spacial score (nSPS) is 19.4. The third-order valence-corrected chi connectivity index (χ3v) is 5.50. The number of benzene rings is 1. The summed E-state index contributed by atoms with van der Waals surface area (Å²) in [5.41, 5.74) is 1.84. The second kappa shape index (κ2) is 5.48. The van der Waals surface area contributed by atoms with Gasteiger partial charge in [0, 0.05) is 16.8 Å². The van der Waals surface area contributed by atoms with Crippen LogP contribution in [-0.4, -0.2) is 18.0 Å². The fraction of sp³-hybridized carbons (Fsp3) is 0.412. The average molecular weight is 271 g/mol. The summed E-state index contributed by atoms with van der Waals surface area (Å²) in [5.74, 6) is 0. The van der Waals surface area contributed by atoms with Crippen LogP contribution in [0.2, 0.25) is 0 Å². The lowest BCUT2D eigenvalue weighted by atomic mass is 9.79. The lowest BCUT2D eigenvalue weighted by Gasteiger charge is -2.39. The largest absolute Gasteiger partial charge is 0.299 e. The molecule has 0 unspecified atom stereocenters. The summed E-state index contributed by atoms with van der Waals surface area (Å²) < 4.78 is 0. The van der Waals surface area contributed by atoms with E-state index in [1.807, 2.05) is 11.3 Å². The van der Waals surface area contributed by atoms with Gasteiger partial charge in [0.2, 0.25) is 0 Å². The predicted molar refractivity (Wildman–Crippen MR) is 82.6 cm³/mol. The average Bonchev–Trinajstić information content (AvgIpc) is 2.98. The highest BCUT2D eigenvalue weighted by molar-refractivity contribution is 7.10. The number of thiophene rings is 1.